The van der Waals surface area contributed by atoms with E-state index in [4.69, 9.17) is 0 Å². The lowest BCUT2D eigenvalue weighted by atomic mass is 10.2. The molecule has 0 aliphatic carbocycles. The maximum Gasteiger partial charge on any atom is 0.0212 e. The monoisotopic (exact) mass is 198 g/mol. The summed E-state index contributed by atoms with van der Waals surface area (Å²) in [6.07, 6.45) is 0. The van der Waals surface area contributed by atoms with Crippen LogP contribution >= 0.6 is 21.6 Å². The standard InChI is InChI=1S/C10H14S2/c1-8(2)11-12-10-7-5-4-6-9(10)3/h4-8H,1-3H3. The molecular formula is C10H14S2. The summed E-state index contributed by atoms with van der Waals surface area (Å²) in [6, 6.07) is 8.51. The zero-order valence-electron chi connectivity index (χ0n) is 7.70. The maximum absolute atomic E-state index is 2.22. The van der Waals surface area contributed by atoms with Crippen LogP contribution in [-0.4, -0.2) is 5.25 Å². The summed E-state index contributed by atoms with van der Waals surface area (Å²) in [5.74, 6) is 0. The molecule has 0 nitrogen and oxygen atoms in total. The van der Waals surface area contributed by atoms with E-state index < -0.39 is 0 Å². The molecule has 0 saturated carbocycles. The van der Waals surface area contributed by atoms with E-state index in [1.54, 1.807) is 0 Å². The van der Waals surface area contributed by atoms with Crippen molar-refractivity contribution in [2.45, 2.75) is 30.9 Å². The molecule has 0 heterocycles. The number of hydrogen-bond donors (Lipinski definition) is 0. The molecule has 66 valence electrons. The molecule has 12 heavy (non-hydrogen) atoms. The Morgan fingerprint density at radius 1 is 1.17 bits per heavy atom. The lowest BCUT2D eigenvalue weighted by Crippen LogP contribution is -1.82. The fourth-order valence-electron chi connectivity index (χ4n) is 0.798. The Labute approximate surface area is 82.5 Å². The molecule has 1 aromatic rings. The number of rotatable bonds is 3. The highest BCUT2D eigenvalue weighted by atomic mass is 33.1. The van der Waals surface area contributed by atoms with Gasteiger partial charge < -0.3 is 0 Å². The highest BCUT2D eigenvalue weighted by Gasteiger charge is 1.99. The summed E-state index contributed by atoms with van der Waals surface area (Å²) >= 11 is 0. The van der Waals surface area contributed by atoms with E-state index >= 15 is 0 Å². The molecule has 0 aliphatic rings. The second-order valence-corrected chi connectivity index (χ2v) is 5.81. The van der Waals surface area contributed by atoms with Gasteiger partial charge >= 0.3 is 0 Å². The van der Waals surface area contributed by atoms with Gasteiger partial charge in [-0.2, -0.15) is 0 Å². The quantitative estimate of drug-likeness (QED) is 0.669. The van der Waals surface area contributed by atoms with Crippen molar-refractivity contribution in [1.29, 1.82) is 0 Å². The normalized spacial score (nSPS) is 10.7. The Morgan fingerprint density at radius 3 is 2.42 bits per heavy atom. The van der Waals surface area contributed by atoms with E-state index in [9.17, 15) is 0 Å². The lowest BCUT2D eigenvalue weighted by Gasteiger charge is -2.05. The van der Waals surface area contributed by atoms with Gasteiger partial charge in [0.25, 0.3) is 0 Å². The van der Waals surface area contributed by atoms with Gasteiger partial charge in [0.05, 0.1) is 0 Å². The molecule has 0 aromatic heterocycles. The summed E-state index contributed by atoms with van der Waals surface area (Å²) in [6.45, 7) is 6.59. The first-order valence-corrected chi connectivity index (χ1v) is 6.30. The van der Waals surface area contributed by atoms with Crippen molar-refractivity contribution in [3.63, 3.8) is 0 Å². The topological polar surface area (TPSA) is 0 Å². The van der Waals surface area contributed by atoms with Gasteiger partial charge in [-0.25, -0.2) is 0 Å². The van der Waals surface area contributed by atoms with Gasteiger partial charge in [-0.15, -0.1) is 0 Å². The van der Waals surface area contributed by atoms with E-state index in [1.807, 2.05) is 21.6 Å². The van der Waals surface area contributed by atoms with Crippen LogP contribution < -0.4 is 0 Å². The van der Waals surface area contributed by atoms with Crippen LogP contribution in [0.4, 0.5) is 0 Å². The summed E-state index contributed by atoms with van der Waals surface area (Å²) in [5.41, 5.74) is 1.37. The summed E-state index contributed by atoms with van der Waals surface area (Å²) in [4.78, 5) is 1.39. The van der Waals surface area contributed by atoms with Crippen LogP contribution in [0.3, 0.4) is 0 Å². The fraction of sp³-hybridized carbons (Fsp3) is 0.400. The van der Waals surface area contributed by atoms with Crippen molar-refractivity contribution in [2.24, 2.45) is 0 Å². The molecule has 0 radical (unpaired) electrons. The van der Waals surface area contributed by atoms with Crippen LogP contribution in [0.2, 0.25) is 0 Å². The van der Waals surface area contributed by atoms with Gasteiger partial charge in [-0.3, -0.25) is 0 Å². The molecule has 1 rings (SSSR count). The van der Waals surface area contributed by atoms with E-state index in [1.165, 1.54) is 10.5 Å². The van der Waals surface area contributed by atoms with E-state index in [-0.39, 0.29) is 0 Å². The fourth-order valence-corrected chi connectivity index (χ4v) is 2.88. The van der Waals surface area contributed by atoms with Gasteiger partial charge in [0.15, 0.2) is 0 Å². The average molecular weight is 198 g/mol. The first-order valence-electron chi connectivity index (χ1n) is 4.09. The molecule has 0 saturated heterocycles. The molecule has 0 fully saturated rings. The zero-order chi connectivity index (χ0) is 8.97. The third-order valence-electron chi connectivity index (χ3n) is 1.42. The number of hydrogen-bond acceptors (Lipinski definition) is 2. The zero-order valence-corrected chi connectivity index (χ0v) is 9.34. The molecule has 1 aromatic carbocycles. The van der Waals surface area contributed by atoms with Crippen molar-refractivity contribution in [3.05, 3.63) is 29.8 Å². The van der Waals surface area contributed by atoms with Crippen molar-refractivity contribution in [3.8, 4) is 0 Å². The van der Waals surface area contributed by atoms with Crippen LogP contribution in [0.15, 0.2) is 29.2 Å². The molecule has 0 spiro atoms. The smallest absolute Gasteiger partial charge is 0.0212 e. The van der Waals surface area contributed by atoms with E-state index in [0.717, 1.165) is 0 Å². The Balaban J connectivity index is 2.57. The minimum atomic E-state index is 0.689. The van der Waals surface area contributed by atoms with Crippen LogP contribution in [0, 0.1) is 6.92 Å². The van der Waals surface area contributed by atoms with E-state index in [2.05, 4.69) is 45.0 Å². The molecule has 0 amide bonds. The summed E-state index contributed by atoms with van der Waals surface area (Å²) in [7, 11) is 3.79. The van der Waals surface area contributed by atoms with Gasteiger partial charge in [0.2, 0.25) is 0 Å². The highest BCUT2D eigenvalue weighted by Crippen LogP contribution is 2.35. The molecule has 0 aliphatic heterocycles. The minimum Gasteiger partial charge on any atom is -0.0861 e. The van der Waals surface area contributed by atoms with Crippen molar-refractivity contribution in [1.82, 2.24) is 0 Å². The number of benzene rings is 1. The predicted molar refractivity (Wildman–Crippen MR) is 59.8 cm³/mol. The Kier molecular flexibility index (Phi) is 4.02. The van der Waals surface area contributed by atoms with Gasteiger partial charge in [0, 0.05) is 10.1 Å². The van der Waals surface area contributed by atoms with Crippen molar-refractivity contribution in [2.75, 3.05) is 0 Å². The Morgan fingerprint density at radius 2 is 1.83 bits per heavy atom. The van der Waals surface area contributed by atoms with Crippen molar-refractivity contribution < 1.29 is 0 Å². The third-order valence-corrected chi connectivity index (χ3v) is 4.52. The Hall–Kier alpha value is -0.0800. The third kappa shape index (κ3) is 3.11. The van der Waals surface area contributed by atoms with E-state index in [0.29, 0.717) is 5.25 Å². The Bertz CT molecular complexity index is 243. The second-order valence-electron chi connectivity index (χ2n) is 2.99. The van der Waals surface area contributed by atoms with Crippen LogP contribution in [-0.2, 0) is 0 Å². The molecule has 0 unspecified atom stereocenters. The minimum absolute atomic E-state index is 0.689. The maximum atomic E-state index is 2.22. The predicted octanol–water partition coefficient (Wildman–Crippen LogP) is 4.14. The van der Waals surface area contributed by atoms with Crippen molar-refractivity contribution >= 4 is 21.6 Å². The van der Waals surface area contributed by atoms with Gasteiger partial charge in [-0.05, 0) is 18.6 Å². The molecule has 0 bridgehead atoms. The van der Waals surface area contributed by atoms with Crippen LogP contribution in [0.1, 0.15) is 19.4 Å². The summed E-state index contributed by atoms with van der Waals surface area (Å²) in [5, 5.41) is 0.689. The number of aryl methyl sites for hydroxylation is 1. The molecule has 0 N–H and O–H groups in total. The second kappa shape index (κ2) is 4.83. The van der Waals surface area contributed by atoms with Gasteiger partial charge in [-0.1, -0.05) is 53.6 Å². The molecular weight excluding hydrogens is 184 g/mol. The molecule has 2 heteroatoms. The van der Waals surface area contributed by atoms with Crippen LogP contribution in [0.5, 0.6) is 0 Å². The first-order chi connectivity index (χ1) is 5.70. The van der Waals surface area contributed by atoms with Gasteiger partial charge in [0.1, 0.15) is 0 Å². The van der Waals surface area contributed by atoms with Crippen LogP contribution in [0.25, 0.3) is 0 Å². The SMILES string of the molecule is Cc1ccccc1SSC(C)C. The average Bonchev–Trinajstić information content (AvgIpc) is 2.03. The summed E-state index contributed by atoms with van der Waals surface area (Å²) < 4.78 is 0. The first kappa shape index (κ1) is 10.0. The largest absolute Gasteiger partial charge is 0.0861 e. The lowest BCUT2D eigenvalue weighted by molar-refractivity contribution is 1.12. The highest BCUT2D eigenvalue weighted by molar-refractivity contribution is 8.76. The molecule has 0 atom stereocenters.